The van der Waals surface area contributed by atoms with Crippen LogP contribution < -0.4 is 4.90 Å². The second-order valence-corrected chi connectivity index (χ2v) is 3.79. The Kier molecular flexibility index (Phi) is 5.31. The van der Waals surface area contributed by atoms with Crippen molar-refractivity contribution < 1.29 is 18.7 Å². The first-order valence-electron chi connectivity index (χ1n) is 4.97. The standard InChI is InChI=1S/C11H12ClF2NO2/c12-10-5-9(2-1-8(10)7-17)15(3-4-16)6-11(13)14/h1-2,5,7,11,16H,3-4,6H2. The number of benzene rings is 1. The van der Waals surface area contributed by atoms with Crippen molar-refractivity contribution in [2.45, 2.75) is 6.43 Å². The number of carbonyl (C=O) groups excluding carboxylic acids is 1. The molecule has 0 saturated heterocycles. The number of aliphatic hydroxyl groups excluding tert-OH is 1. The average Bonchev–Trinajstić information content (AvgIpc) is 2.28. The smallest absolute Gasteiger partial charge is 0.255 e. The number of hydrogen-bond donors (Lipinski definition) is 1. The lowest BCUT2D eigenvalue weighted by molar-refractivity contribution is 0.112. The molecule has 1 rings (SSSR count). The van der Waals surface area contributed by atoms with Crippen molar-refractivity contribution in [3.8, 4) is 0 Å². The minimum atomic E-state index is -2.51. The van der Waals surface area contributed by atoms with Gasteiger partial charge in [-0.2, -0.15) is 0 Å². The molecule has 0 heterocycles. The van der Waals surface area contributed by atoms with Crippen LogP contribution in [0.15, 0.2) is 18.2 Å². The third-order valence-electron chi connectivity index (χ3n) is 2.20. The fourth-order valence-electron chi connectivity index (χ4n) is 1.42. The first-order valence-corrected chi connectivity index (χ1v) is 5.35. The van der Waals surface area contributed by atoms with Gasteiger partial charge >= 0.3 is 0 Å². The normalized spacial score (nSPS) is 10.6. The summed E-state index contributed by atoms with van der Waals surface area (Å²) in [4.78, 5) is 11.9. The van der Waals surface area contributed by atoms with E-state index in [-0.39, 0.29) is 18.2 Å². The van der Waals surface area contributed by atoms with Crippen molar-refractivity contribution >= 4 is 23.6 Å². The van der Waals surface area contributed by atoms with Crippen LogP contribution in [0.3, 0.4) is 0 Å². The molecule has 0 unspecified atom stereocenters. The molecule has 17 heavy (non-hydrogen) atoms. The number of carbonyl (C=O) groups is 1. The van der Waals surface area contributed by atoms with Crippen LogP contribution >= 0.6 is 11.6 Å². The zero-order valence-electron chi connectivity index (χ0n) is 8.94. The van der Waals surface area contributed by atoms with Gasteiger partial charge in [-0.3, -0.25) is 4.79 Å². The fraction of sp³-hybridized carbons (Fsp3) is 0.364. The zero-order valence-corrected chi connectivity index (χ0v) is 9.70. The molecular formula is C11H12ClF2NO2. The lowest BCUT2D eigenvalue weighted by Gasteiger charge is -2.23. The number of hydrogen-bond acceptors (Lipinski definition) is 3. The first-order chi connectivity index (χ1) is 8.08. The highest BCUT2D eigenvalue weighted by Crippen LogP contribution is 2.23. The summed E-state index contributed by atoms with van der Waals surface area (Å²) < 4.78 is 24.7. The molecule has 3 nitrogen and oxygen atoms in total. The molecule has 1 aromatic rings. The highest BCUT2D eigenvalue weighted by Gasteiger charge is 2.13. The van der Waals surface area contributed by atoms with E-state index in [0.29, 0.717) is 17.5 Å². The summed E-state index contributed by atoms with van der Waals surface area (Å²) in [7, 11) is 0. The average molecular weight is 264 g/mol. The zero-order chi connectivity index (χ0) is 12.8. The molecule has 94 valence electrons. The predicted molar refractivity (Wildman–Crippen MR) is 62.1 cm³/mol. The minimum Gasteiger partial charge on any atom is -0.395 e. The summed E-state index contributed by atoms with van der Waals surface area (Å²) in [6.45, 7) is -0.641. The molecule has 0 aliphatic rings. The van der Waals surface area contributed by atoms with Crippen LogP contribution in [0.1, 0.15) is 10.4 Å². The molecule has 0 bridgehead atoms. The maximum absolute atomic E-state index is 12.3. The van der Waals surface area contributed by atoms with Crippen LogP contribution in [-0.4, -0.2) is 37.5 Å². The quantitative estimate of drug-likeness (QED) is 0.800. The molecule has 6 heteroatoms. The Morgan fingerprint density at radius 2 is 2.18 bits per heavy atom. The molecule has 0 amide bonds. The van der Waals surface area contributed by atoms with Gasteiger partial charge in [0.2, 0.25) is 0 Å². The molecule has 1 aromatic carbocycles. The van der Waals surface area contributed by atoms with E-state index in [0.717, 1.165) is 0 Å². The molecule has 0 fully saturated rings. The Balaban J connectivity index is 2.93. The lowest BCUT2D eigenvalue weighted by Crippen LogP contribution is -2.31. The van der Waals surface area contributed by atoms with Gasteiger partial charge in [0.15, 0.2) is 6.29 Å². The summed E-state index contributed by atoms with van der Waals surface area (Å²) >= 11 is 5.80. The van der Waals surface area contributed by atoms with Gasteiger partial charge in [0, 0.05) is 17.8 Å². The van der Waals surface area contributed by atoms with Gasteiger partial charge in [0.05, 0.1) is 18.2 Å². The van der Waals surface area contributed by atoms with Gasteiger partial charge in [-0.1, -0.05) is 11.6 Å². The number of aliphatic hydroxyl groups is 1. The van der Waals surface area contributed by atoms with Gasteiger partial charge in [-0.15, -0.1) is 0 Å². The Hall–Kier alpha value is -1.20. The number of anilines is 1. The number of aldehydes is 1. The van der Waals surface area contributed by atoms with Crippen LogP contribution in [0, 0.1) is 0 Å². The van der Waals surface area contributed by atoms with Crippen LogP contribution in [0.25, 0.3) is 0 Å². The molecule has 0 radical (unpaired) electrons. The SMILES string of the molecule is O=Cc1ccc(N(CCO)CC(F)F)cc1Cl. The monoisotopic (exact) mass is 263 g/mol. The molecule has 0 aromatic heterocycles. The Labute approximate surface area is 103 Å². The van der Waals surface area contributed by atoms with E-state index >= 15 is 0 Å². The van der Waals surface area contributed by atoms with Crippen molar-refractivity contribution in [1.29, 1.82) is 0 Å². The van der Waals surface area contributed by atoms with Crippen molar-refractivity contribution in [2.75, 3.05) is 24.6 Å². The molecule has 1 N–H and O–H groups in total. The number of rotatable bonds is 6. The van der Waals surface area contributed by atoms with Gasteiger partial charge in [-0.05, 0) is 18.2 Å². The highest BCUT2D eigenvalue weighted by molar-refractivity contribution is 6.33. The van der Waals surface area contributed by atoms with Gasteiger partial charge in [-0.25, -0.2) is 8.78 Å². The Morgan fingerprint density at radius 1 is 1.47 bits per heavy atom. The second kappa shape index (κ2) is 6.51. The van der Waals surface area contributed by atoms with Crippen LogP contribution in [0.2, 0.25) is 5.02 Å². The molecule has 0 atom stereocenters. The largest absolute Gasteiger partial charge is 0.395 e. The van der Waals surface area contributed by atoms with E-state index in [2.05, 4.69) is 0 Å². The number of nitrogens with zero attached hydrogens (tertiary/aromatic N) is 1. The third-order valence-corrected chi connectivity index (χ3v) is 2.53. The molecule has 0 saturated carbocycles. The molecule has 0 spiro atoms. The predicted octanol–water partition coefficient (Wildman–Crippen LogP) is 2.22. The van der Waals surface area contributed by atoms with E-state index in [1.807, 2.05) is 0 Å². The summed E-state index contributed by atoms with van der Waals surface area (Å²) in [5.74, 6) is 0. The summed E-state index contributed by atoms with van der Waals surface area (Å²) in [6, 6.07) is 4.41. The van der Waals surface area contributed by atoms with Crippen LogP contribution in [0.5, 0.6) is 0 Å². The summed E-state index contributed by atoms with van der Waals surface area (Å²) in [5.41, 5.74) is 0.756. The van der Waals surface area contributed by atoms with E-state index in [9.17, 15) is 13.6 Å². The van der Waals surface area contributed by atoms with E-state index in [1.54, 1.807) is 0 Å². The van der Waals surface area contributed by atoms with Gasteiger partial charge < -0.3 is 10.0 Å². The summed E-state index contributed by atoms with van der Waals surface area (Å²) in [6.07, 6.45) is -1.92. The maximum Gasteiger partial charge on any atom is 0.255 e. The van der Waals surface area contributed by atoms with Crippen molar-refractivity contribution in [1.82, 2.24) is 0 Å². The van der Waals surface area contributed by atoms with Crippen molar-refractivity contribution in [3.63, 3.8) is 0 Å². The second-order valence-electron chi connectivity index (χ2n) is 3.38. The van der Waals surface area contributed by atoms with Crippen molar-refractivity contribution in [2.24, 2.45) is 0 Å². The Bertz CT molecular complexity index is 388. The van der Waals surface area contributed by atoms with Crippen molar-refractivity contribution in [3.05, 3.63) is 28.8 Å². The van der Waals surface area contributed by atoms with Crippen LogP contribution in [-0.2, 0) is 0 Å². The van der Waals surface area contributed by atoms with Crippen LogP contribution in [0.4, 0.5) is 14.5 Å². The highest BCUT2D eigenvalue weighted by atomic mass is 35.5. The third kappa shape index (κ3) is 3.94. The Morgan fingerprint density at radius 3 is 2.65 bits per heavy atom. The molecular weight excluding hydrogens is 252 g/mol. The first kappa shape index (κ1) is 13.9. The van der Waals surface area contributed by atoms with E-state index in [1.165, 1.54) is 23.1 Å². The topological polar surface area (TPSA) is 40.5 Å². The fourth-order valence-corrected chi connectivity index (χ4v) is 1.64. The summed E-state index contributed by atoms with van der Waals surface area (Å²) in [5, 5.41) is 9.01. The molecule has 0 aliphatic carbocycles. The number of alkyl halides is 2. The minimum absolute atomic E-state index is 0.0844. The van der Waals surface area contributed by atoms with Gasteiger partial charge in [0.1, 0.15) is 0 Å². The molecule has 0 aliphatic heterocycles. The maximum atomic E-state index is 12.3. The van der Waals surface area contributed by atoms with E-state index < -0.39 is 13.0 Å². The lowest BCUT2D eigenvalue weighted by atomic mass is 10.2. The van der Waals surface area contributed by atoms with E-state index in [4.69, 9.17) is 16.7 Å². The number of halogens is 3. The van der Waals surface area contributed by atoms with Gasteiger partial charge in [0.25, 0.3) is 6.43 Å².